The maximum absolute atomic E-state index is 11.3. The van der Waals surface area contributed by atoms with Gasteiger partial charge in [-0.15, -0.1) is 0 Å². The van der Waals surface area contributed by atoms with Crippen LogP contribution < -0.4 is 5.32 Å². The quantitative estimate of drug-likeness (QED) is 0.711. The van der Waals surface area contributed by atoms with Crippen molar-refractivity contribution in [2.24, 2.45) is 10.9 Å². The molecular formula is C8H14N2OS. The van der Waals surface area contributed by atoms with Crippen LogP contribution in [-0.4, -0.2) is 29.8 Å². The molecule has 1 amide bonds. The minimum atomic E-state index is -0.160. The summed E-state index contributed by atoms with van der Waals surface area (Å²) in [6, 6.07) is -0.160. The first-order chi connectivity index (χ1) is 5.65. The van der Waals surface area contributed by atoms with Gasteiger partial charge in [-0.25, -0.2) is 0 Å². The molecule has 0 bridgehead atoms. The van der Waals surface area contributed by atoms with E-state index in [0.29, 0.717) is 5.92 Å². The summed E-state index contributed by atoms with van der Waals surface area (Å²) in [5.74, 6) is 1.97. The van der Waals surface area contributed by atoms with Crippen molar-refractivity contribution in [1.29, 1.82) is 0 Å². The fourth-order valence-electron chi connectivity index (χ4n) is 1.14. The molecule has 68 valence electrons. The van der Waals surface area contributed by atoms with Crippen LogP contribution in [0.5, 0.6) is 0 Å². The van der Waals surface area contributed by atoms with E-state index in [2.05, 4.69) is 10.3 Å². The number of amides is 1. The predicted molar refractivity (Wildman–Crippen MR) is 52.6 cm³/mol. The summed E-state index contributed by atoms with van der Waals surface area (Å²) in [6.45, 7) is 4.02. The van der Waals surface area contributed by atoms with E-state index in [1.165, 1.54) is 0 Å². The average Bonchev–Trinajstić information content (AvgIpc) is 2.32. The van der Waals surface area contributed by atoms with Crippen molar-refractivity contribution in [3.8, 4) is 0 Å². The van der Waals surface area contributed by atoms with Gasteiger partial charge >= 0.3 is 0 Å². The van der Waals surface area contributed by atoms with E-state index in [4.69, 9.17) is 0 Å². The molecule has 1 atom stereocenters. The smallest absolute Gasteiger partial charge is 0.250 e. The number of carbonyl (C=O) groups is 1. The third kappa shape index (κ3) is 2.00. The van der Waals surface area contributed by atoms with Gasteiger partial charge in [0.05, 0.1) is 5.75 Å². The van der Waals surface area contributed by atoms with Gasteiger partial charge in [0.15, 0.2) is 0 Å². The van der Waals surface area contributed by atoms with Gasteiger partial charge in [-0.3, -0.25) is 9.79 Å². The minimum absolute atomic E-state index is 0.0500. The largest absolute Gasteiger partial charge is 0.312 e. The van der Waals surface area contributed by atoms with Crippen LogP contribution in [0.1, 0.15) is 13.8 Å². The van der Waals surface area contributed by atoms with E-state index in [1.807, 2.05) is 20.1 Å². The van der Waals surface area contributed by atoms with Gasteiger partial charge in [0.1, 0.15) is 11.9 Å². The number of carbonyl (C=O) groups excluding carboxylic acids is 1. The number of aliphatic imine (C=N–C) groups is 1. The molecule has 1 heterocycles. The average molecular weight is 186 g/mol. The Bertz CT molecular complexity index is 213. The molecule has 0 saturated carbocycles. The molecular weight excluding hydrogens is 172 g/mol. The molecule has 12 heavy (non-hydrogen) atoms. The van der Waals surface area contributed by atoms with Crippen molar-refractivity contribution >= 4 is 23.5 Å². The molecule has 0 aromatic heterocycles. The van der Waals surface area contributed by atoms with Crippen LogP contribution in [0.3, 0.4) is 0 Å². The lowest BCUT2D eigenvalue weighted by Crippen LogP contribution is -2.31. The Morgan fingerprint density at radius 3 is 2.75 bits per heavy atom. The van der Waals surface area contributed by atoms with Gasteiger partial charge in [0, 0.05) is 0 Å². The summed E-state index contributed by atoms with van der Waals surface area (Å²) in [6.07, 6.45) is 2.00. The molecule has 0 aliphatic carbocycles. The van der Waals surface area contributed by atoms with Gasteiger partial charge < -0.3 is 5.32 Å². The van der Waals surface area contributed by atoms with E-state index < -0.39 is 0 Å². The lowest BCUT2D eigenvalue weighted by molar-refractivity contribution is -0.120. The van der Waals surface area contributed by atoms with Crippen LogP contribution in [-0.2, 0) is 4.79 Å². The number of hydrogen-bond donors (Lipinski definition) is 1. The summed E-state index contributed by atoms with van der Waals surface area (Å²) in [5.41, 5.74) is 0. The molecule has 1 aliphatic heterocycles. The molecule has 1 N–H and O–H groups in total. The highest BCUT2D eigenvalue weighted by Crippen LogP contribution is 2.12. The van der Waals surface area contributed by atoms with Crippen molar-refractivity contribution in [1.82, 2.24) is 5.32 Å². The Kier molecular flexibility index (Phi) is 3.14. The second-order valence-corrected chi connectivity index (χ2v) is 4.05. The maximum Gasteiger partial charge on any atom is 0.250 e. The third-order valence-corrected chi connectivity index (χ3v) is 2.31. The summed E-state index contributed by atoms with van der Waals surface area (Å²) in [7, 11) is 0. The van der Waals surface area contributed by atoms with Gasteiger partial charge in [0.25, 0.3) is 0 Å². The van der Waals surface area contributed by atoms with E-state index in [1.54, 1.807) is 11.8 Å². The normalized spacial score (nSPS) is 22.8. The topological polar surface area (TPSA) is 41.5 Å². The Hall–Kier alpha value is -0.510. The molecule has 0 saturated heterocycles. The van der Waals surface area contributed by atoms with Crippen LogP contribution in [0.2, 0.25) is 0 Å². The Morgan fingerprint density at radius 2 is 2.33 bits per heavy atom. The zero-order chi connectivity index (χ0) is 9.14. The first-order valence-electron chi connectivity index (χ1n) is 4.01. The number of nitrogens with one attached hydrogen (secondary N) is 1. The van der Waals surface area contributed by atoms with Gasteiger partial charge in [-0.2, -0.15) is 11.8 Å². The molecule has 3 nitrogen and oxygen atoms in total. The van der Waals surface area contributed by atoms with Crippen LogP contribution >= 0.6 is 11.8 Å². The van der Waals surface area contributed by atoms with Gasteiger partial charge in [-0.1, -0.05) is 13.8 Å². The fraction of sp³-hybridized carbons (Fsp3) is 0.750. The number of amidine groups is 1. The SMILES string of the molecule is CSCC1=NC(C(C)C)C(=O)N1. The van der Waals surface area contributed by atoms with Crippen LogP contribution in [0, 0.1) is 5.92 Å². The van der Waals surface area contributed by atoms with E-state index in [-0.39, 0.29) is 11.9 Å². The van der Waals surface area contributed by atoms with Crippen LogP contribution in [0.4, 0.5) is 0 Å². The van der Waals surface area contributed by atoms with Crippen molar-refractivity contribution in [2.45, 2.75) is 19.9 Å². The lowest BCUT2D eigenvalue weighted by Gasteiger charge is -2.06. The summed E-state index contributed by atoms with van der Waals surface area (Å²) in [4.78, 5) is 15.6. The molecule has 0 aromatic carbocycles. The maximum atomic E-state index is 11.3. The predicted octanol–water partition coefficient (Wildman–Crippen LogP) is 0.902. The summed E-state index contributed by atoms with van der Waals surface area (Å²) in [5, 5.41) is 2.78. The first-order valence-corrected chi connectivity index (χ1v) is 5.41. The van der Waals surface area contributed by atoms with Crippen molar-refractivity contribution in [3.63, 3.8) is 0 Å². The highest BCUT2D eigenvalue weighted by Gasteiger charge is 2.28. The second kappa shape index (κ2) is 3.94. The standard InChI is InChI=1S/C8H14N2OS/c1-5(2)7-8(11)10-6(9-7)4-12-3/h5,7H,4H2,1-3H3,(H,9,10,11). The second-order valence-electron chi connectivity index (χ2n) is 3.19. The zero-order valence-corrected chi connectivity index (χ0v) is 8.44. The monoisotopic (exact) mass is 186 g/mol. The van der Waals surface area contributed by atoms with E-state index in [0.717, 1.165) is 11.6 Å². The molecule has 0 spiro atoms. The Balaban J connectivity index is 2.60. The summed E-state index contributed by atoms with van der Waals surface area (Å²) >= 11 is 1.67. The molecule has 0 aromatic rings. The number of hydrogen-bond acceptors (Lipinski definition) is 3. The lowest BCUT2D eigenvalue weighted by atomic mass is 10.1. The molecule has 0 radical (unpaired) electrons. The Labute approximate surface area is 77.0 Å². The fourth-order valence-corrected chi connectivity index (χ4v) is 1.56. The van der Waals surface area contributed by atoms with Crippen LogP contribution in [0.25, 0.3) is 0 Å². The van der Waals surface area contributed by atoms with E-state index >= 15 is 0 Å². The van der Waals surface area contributed by atoms with E-state index in [9.17, 15) is 4.79 Å². The van der Waals surface area contributed by atoms with Crippen molar-refractivity contribution in [3.05, 3.63) is 0 Å². The molecule has 1 unspecified atom stereocenters. The van der Waals surface area contributed by atoms with Gasteiger partial charge in [0.2, 0.25) is 5.91 Å². The molecule has 1 aliphatic rings. The summed E-state index contributed by atoms with van der Waals surface area (Å²) < 4.78 is 0. The highest BCUT2D eigenvalue weighted by molar-refractivity contribution is 7.99. The van der Waals surface area contributed by atoms with Crippen molar-refractivity contribution < 1.29 is 4.79 Å². The number of rotatable bonds is 3. The molecule has 1 rings (SSSR count). The highest BCUT2D eigenvalue weighted by atomic mass is 32.2. The number of thioether (sulfide) groups is 1. The van der Waals surface area contributed by atoms with Crippen molar-refractivity contribution in [2.75, 3.05) is 12.0 Å². The molecule has 0 fully saturated rings. The number of nitrogens with zero attached hydrogens (tertiary/aromatic N) is 1. The minimum Gasteiger partial charge on any atom is -0.312 e. The third-order valence-electron chi connectivity index (χ3n) is 1.74. The Morgan fingerprint density at radius 1 is 1.67 bits per heavy atom. The zero-order valence-electron chi connectivity index (χ0n) is 7.63. The molecule has 4 heteroatoms. The first kappa shape index (κ1) is 9.58. The van der Waals surface area contributed by atoms with Crippen LogP contribution in [0.15, 0.2) is 4.99 Å². The van der Waals surface area contributed by atoms with Gasteiger partial charge in [-0.05, 0) is 12.2 Å².